The second kappa shape index (κ2) is 5.94. The van der Waals surface area contributed by atoms with Crippen molar-refractivity contribution in [1.29, 1.82) is 0 Å². The first kappa shape index (κ1) is 12.4. The summed E-state index contributed by atoms with van der Waals surface area (Å²) < 4.78 is 23.9. The van der Waals surface area contributed by atoms with Crippen molar-refractivity contribution in [2.24, 2.45) is 0 Å². The van der Waals surface area contributed by atoms with Crippen LogP contribution in [0.5, 0.6) is 0 Å². The molecule has 0 spiro atoms. The van der Waals surface area contributed by atoms with E-state index in [1.807, 2.05) is 13.8 Å². The first-order valence-corrected chi connectivity index (χ1v) is 6.52. The normalized spacial score (nSPS) is 12.3. The summed E-state index contributed by atoms with van der Waals surface area (Å²) in [6, 6.07) is 0. The van der Waals surface area contributed by atoms with Crippen molar-refractivity contribution in [3.63, 3.8) is 0 Å². The molecule has 0 bridgehead atoms. The Kier molecular flexibility index (Phi) is 6.13. The van der Waals surface area contributed by atoms with Gasteiger partial charge in [0.1, 0.15) is 0 Å². The lowest BCUT2D eigenvalue weighted by Crippen LogP contribution is -2.24. The van der Waals surface area contributed by atoms with E-state index in [0.717, 1.165) is 12.8 Å². The molecule has 0 rings (SSSR count). The largest absolute Gasteiger partial charge is 0.223 e. The van der Waals surface area contributed by atoms with E-state index in [2.05, 4.69) is 16.1 Å². The van der Waals surface area contributed by atoms with E-state index in [1.54, 1.807) is 0 Å². The van der Waals surface area contributed by atoms with Gasteiger partial charge in [-0.2, -0.15) is 0 Å². The van der Waals surface area contributed by atoms with Crippen LogP contribution in [-0.4, -0.2) is 24.0 Å². The highest BCUT2D eigenvalue weighted by Crippen LogP contribution is 2.10. The summed E-state index contributed by atoms with van der Waals surface area (Å²) in [7, 11) is -3.03. The zero-order valence-corrected chi connectivity index (χ0v) is 9.99. The molecular weight excluding hydrogens is 242 g/mol. The maximum absolute atomic E-state index is 11.3. The molecule has 0 aliphatic heterocycles. The van der Waals surface area contributed by atoms with Gasteiger partial charge in [0.15, 0.2) is 0 Å². The molecule has 0 radical (unpaired) electrons. The molecule has 3 nitrogen and oxygen atoms in total. The molecule has 0 unspecified atom stereocenters. The van der Waals surface area contributed by atoms with Gasteiger partial charge < -0.3 is 0 Å². The molecule has 0 heterocycles. The van der Waals surface area contributed by atoms with Crippen molar-refractivity contribution in [2.45, 2.75) is 33.1 Å². The molecule has 74 valence electrons. The third kappa shape index (κ3) is 4.42. The van der Waals surface area contributed by atoms with Crippen LogP contribution in [0.4, 0.5) is 0 Å². The minimum absolute atomic E-state index is 0.224. The smallest absolute Gasteiger partial charge is 0.211 e. The summed E-state index contributed by atoms with van der Waals surface area (Å²) in [4.78, 5) is 0. The second-order valence-corrected chi connectivity index (χ2v) is 6.02. The number of halogens is 1. The topological polar surface area (TPSA) is 37.4 Å². The number of unbranched alkanes of at least 4 members (excludes halogenated alkanes) is 1. The quantitative estimate of drug-likeness (QED) is 0.684. The minimum Gasteiger partial charge on any atom is -0.211 e. The predicted molar refractivity (Wildman–Crippen MR) is 54.6 cm³/mol. The molecule has 0 aromatic rings. The van der Waals surface area contributed by atoms with Crippen LogP contribution >= 0.6 is 16.1 Å². The molecule has 0 saturated carbocycles. The molecule has 0 aliphatic carbocycles. The lowest BCUT2D eigenvalue weighted by Gasteiger charge is -2.12. The summed E-state index contributed by atoms with van der Waals surface area (Å²) in [6.07, 6.45) is 2.56. The van der Waals surface area contributed by atoms with Crippen molar-refractivity contribution in [1.82, 2.24) is 3.33 Å². The van der Waals surface area contributed by atoms with Gasteiger partial charge in [0, 0.05) is 22.7 Å². The van der Waals surface area contributed by atoms with Crippen molar-refractivity contribution in [3.8, 4) is 0 Å². The molecule has 5 heteroatoms. The maximum Gasteiger partial charge on any atom is 0.223 e. The van der Waals surface area contributed by atoms with Gasteiger partial charge in [-0.05, 0) is 12.8 Å². The summed E-state index contributed by atoms with van der Waals surface area (Å²) in [5.41, 5.74) is 0. The average Bonchev–Trinajstić information content (AvgIpc) is 2.00. The highest BCUT2D eigenvalue weighted by atomic mass is 79.9. The highest BCUT2D eigenvalue weighted by Gasteiger charge is 2.16. The predicted octanol–water partition coefficient (Wildman–Crippen LogP) is 2.14. The van der Waals surface area contributed by atoms with Crippen LogP contribution in [0.2, 0.25) is 0 Å². The first-order valence-electron chi connectivity index (χ1n) is 4.20. The summed E-state index contributed by atoms with van der Waals surface area (Å²) in [5, 5.41) is 0. The van der Waals surface area contributed by atoms with E-state index in [9.17, 15) is 8.42 Å². The Bertz CT molecular complexity index is 203. The third-order valence-corrected chi connectivity index (χ3v) is 4.84. The highest BCUT2D eigenvalue weighted by molar-refractivity contribution is 9.08. The number of hydrogen-bond acceptors (Lipinski definition) is 2. The van der Waals surface area contributed by atoms with Crippen LogP contribution in [-0.2, 0) is 10.0 Å². The third-order valence-electron chi connectivity index (χ3n) is 1.45. The standard InChI is InChI=1S/C7H16BrNO2S/c1-3-5-6-9(8)12(10,11)7-4-2/h3-7H2,1-2H3. The number of nitrogens with zero attached hydrogens (tertiary/aromatic N) is 1. The number of rotatable bonds is 6. The molecule has 0 aromatic carbocycles. The Hall–Kier alpha value is 0.390. The van der Waals surface area contributed by atoms with E-state index < -0.39 is 10.0 Å². The summed E-state index contributed by atoms with van der Waals surface area (Å²) in [6.45, 7) is 4.46. The second-order valence-electron chi connectivity index (χ2n) is 2.68. The van der Waals surface area contributed by atoms with E-state index in [1.165, 1.54) is 3.33 Å². The van der Waals surface area contributed by atoms with Crippen LogP contribution in [0.1, 0.15) is 33.1 Å². The monoisotopic (exact) mass is 257 g/mol. The van der Waals surface area contributed by atoms with E-state index in [-0.39, 0.29) is 5.75 Å². The van der Waals surface area contributed by atoms with Gasteiger partial charge in [-0.15, -0.1) is 3.33 Å². The van der Waals surface area contributed by atoms with E-state index in [0.29, 0.717) is 13.0 Å². The Morgan fingerprint density at radius 3 is 2.25 bits per heavy atom. The summed E-state index contributed by atoms with van der Waals surface area (Å²) in [5.74, 6) is 0.224. The van der Waals surface area contributed by atoms with Crippen LogP contribution in [0.3, 0.4) is 0 Å². The molecule has 0 amide bonds. The summed E-state index contributed by atoms with van der Waals surface area (Å²) >= 11 is 3.05. The fraction of sp³-hybridized carbons (Fsp3) is 1.00. The molecule has 0 aliphatic rings. The van der Waals surface area contributed by atoms with Crippen molar-refractivity contribution >= 4 is 26.2 Å². The van der Waals surface area contributed by atoms with Crippen molar-refractivity contribution < 1.29 is 8.42 Å². The molecular formula is C7H16BrNO2S. The lowest BCUT2D eigenvalue weighted by atomic mass is 10.3. The van der Waals surface area contributed by atoms with Crippen LogP contribution in [0, 0.1) is 0 Å². The first-order chi connectivity index (χ1) is 5.54. The zero-order chi connectivity index (χ0) is 9.61. The SMILES string of the molecule is CCCCN(Br)S(=O)(=O)CCC. The molecule has 0 N–H and O–H groups in total. The Morgan fingerprint density at radius 2 is 1.83 bits per heavy atom. The van der Waals surface area contributed by atoms with Gasteiger partial charge in [-0.25, -0.2) is 8.42 Å². The molecule has 0 aromatic heterocycles. The fourth-order valence-corrected chi connectivity index (χ4v) is 2.58. The fourth-order valence-electron chi connectivity index (χ4n) is 0.779. The molecule has 0 fully saturated rings. The van der Waals surface area contributed by atoms with Gasteiger partial charge >= 0.3 is 0 Å². The van der Waals surface area contributed by atoms with Crippen molar-refractivity contribution in [3.05, 3.63) is 0 Å². The van der Waals surface area contributed by atoms with Crippen LogP contribution in [0.15, 0.2) is 0 Å². The van der Waals surface area contributed by atoms with E-state index >= 15 is 0 Å². The van der Waals surface area contributed by atoms with Crippen LogP contribution < -0.4 is 0 Å². The van der Waals surface area contributed by atoms with Gasteiger partial charge in [-0.3, -0.25) is 0 Å². The Balaban J connectivity index is 3.98. The van der Waals surface area contributed by atoms with Crippen molar-refractivity contribution in [2.75, 3.05) is 12.3 Å². The zero-order valence-electron chi connectivity index (χ0n) is 7.59. The number of sulfonamides is 1. The van der Waals surface area contributed by atoms with E-state index in [4.69, 9.17) is 0 Å². The van der Waals surface area contributed by atoms with Gasteiger partial charge in [0.05, 0.1) is 5.75 Å². The Morgan fingerprint density at radius 1 is 1.25 bits per heavy atom. The molecule has 0 atom stereocenters. The average molecular weight is 258 g/mol. The van der Waals surface area contributed by atoms with Gasteiger partial charge in [-0.1, -0.05) is 20.3 Å². The number of hydrogen-bond donors (Lipinski definition) is 0. The molecule has 12 heavy (non-hydrogen) atoms. The lowest BCUT2D eigenvalue weighted by molar-refractivity contribution is 0.537. The maximum atomic E-state index is 11.3. The van der Waals surface area contributed by atoms with Gasteiger partial charge in [0.2, 0.25) is 10.0 Å². The Labute approximate surface area is 83.5 Å². The van der Waals surface area contributed by atoms with Gasteiger partial charge in [0.25, 0.3) is 0 Å². The van der Waals surface area contributed by atoms with Crippen LogP contribution in [0.25, 0.3) is 0 Å². The molecule has 0 saturated heterocycles. The minimum atomic E-state index is -3.03.